The molecule has 20 heavy (non-hydrogen) atoms. The van der Waals surface area contributed by atoms with Gasteiger partial charge in [-0.25, -0.2) is 8.42 Å². The third-order valence-corrected chi connectivity index (χ3v) is 6.00. The van der Waals surface area contributed by atoms with Gasteiger partial charge in [0.1, 0.15) is 4.90 Å². The fourth-order valence-electron chi connectivity index (χ4n) is 2.17. The molecule has 0 bridgehead atoms. The summed E-state index contributed by atoms with van der Waals surface area (Å²) in [4.78, 5) is -0.0325. The lowest BCUT2D eigenvalue weighted by Gasteiger charge is -2.34. The molecule has 1 aromatic carbocycles. The Morgan fingerprint density at radius 2 is 1.55 bits per heavy atom. The average molecular weight is 359 g/mol. The molecule has 1 aromatic rings. The summed E-state index contributed by atoms with van der Waals surface area (Å²) in [6, 6.07) is 2.62. The van der Waals surface area contributed by atoms with Gasteiger partial charge in [-0.1, -0.05) is 34.8 Å². The van der Waals surface area contributed by atoms with E-state index >= 15 is 0 Å². The van der Waals surface area contributed by atoms with E-state index < -0.39 is 10.0 Å². The Kier molecular flexibility index (Phi) is 4.89. The molecule has 4 nitrogen and oxygen atoms in total. The minimum atomic E-state index is -3.72. The van der Waals surface area contributed by atoms with Crippen LogP contribution < -0.4 is 0 Å². The predicted molar refractivity (Wildman–Crippen MR) is 80.2 cm³/mol. The van der Waals surface area contributed by atoms with E-state index in [-0.39, 0.29) is 45.3 Å². The molecule has 0 amide bonds. The van der Waals surface area contributed by atoms with Crippen LogP contribution in [0.25, 0.3) is 0 Å². The highest BCUT2D eigenvalue weighted by molar-refractivity contribution is 7.89. The molecule has 1 heterocycles. The van der Waals surface area contributed by atoms with Crippen LogP contribution in [0, 0.1) is 0 Å². The quantitative estimate of drug-likeness (QED) is 0.761. The lowest BCUT2D eigenvalue weighted by molar-refractivity contribution is -0.0440. The maximum Gasteiger partial charge on any atom is 0.244 e. The van der Waals surface area contributed by atoms with E-state index in [4.69, 9.17) is 39.5 Å². The standard InChI is InChI=1S/C12H14Cl3NO3S/c1-7-5-16(6-8(2)19-7)20(17,18)12-4-10(14)9(13)3-11(12)15/h3-4,7-8H,5-6H2,1-2H3/t7-,8+. The highest BCUT2D eigenvalue weighted by atomic mass is 35.5. The Hall–Kier alpha value is -0.0400. The zero-order valence-electron chi connectivity index (χ0n) is 10.9. The number of morpholine rings is 1. The number of nitrogens with zero attached hydrogens (tertiary/aromatic N) is 1. The first kappa shape index (κ1) is 16.3. The van der Waals surface area contributed by atoms with Gasteiger partial charge in [-0.15, -0.1) is 0 Å². The second kappa shape index (κ2) is 5.99. The SMILES string of the molecule is C[C@@H]1CN(S(=O)(=O)c2cc(Cl)c(Cl)cc2Cl)C[C@H](C)O1. The van der Waals surface area contributed by atoms with Crippen molar-refractivity contribution in [1.82, 2.24) is 4.31 Å². The van der Waals surface area contributed by atoms with Crippen molar-refractivity contribution in [1.29, 1.82) is 0 Å². The Morgan fingerprint density at radius 1 is 1.05 bits per heavy atom. The number of sulfonamides is 1. The maximum absolute atomic E-state index is 12.6. The number of hydrogen-bond acceptors (Lipinski definition) is 3. The van der Waals surface area contributed by atoms with Crippen molar-refractivity contribution in [3.05, 3.63) is 27.2 Å². The van der Waals surface area contributed by atoms with E-state index in [1.165, 1.54) is 16.4 Å². The van der Waals surface area contributed by atoms with Crippen LogP contribution in [-0.2, 0) is 14.8 Å². The molecule has 112 valence electrons. The van der Waals surface area contributed by atoms with Crippen LogP contribution in [0.5, 0.6) is 0 Å². The highest BCUT2D eigenvalue weighted by Gasteiger charge is 2.33. The van der Waals surface area contributed by atoms with Crippen LogP contribution in [0.3, 0.4) is 0 Å². The fourth-order valence-corrected chi connectivity index (χ4v) is 4.73. The Labute approximate surface area is 133 Å². The molecule has 1 aliphatic heterocycles. The normalized spacial score (nSPS) is 24.9. The summed E-state index contributed by atoms with van der Waals surface area (Å²) in [5.41, 5.74) is 0. The lowest BCUT2D eigenvalue weighted by Crippen LogP contribution is -2.48. The Bertz CT molecular complexity index is 611. The molecule has 2 rings (SSSR count). The minimum absolute atomic E-state index is 0.0325. The molecule has 1 saturated heterocycles. The van der Waals surface area contributed by atoms with Crippen molar-refractivity contribution in [2.45, 2.75) is 31.0 Å². The molecule has 1 fully saturated rings. The number of ether oxygens (including phenoxy) is 1. The third-order valence-electron chi connectivity index (χ3n) is 2.98. The smallest absolute Gasteiger partial charge is 0.244 e. The number of halogens is 3. The molecule has 0 unspecified atom stereocenters. The Balaban J connectivity index is 2.42. The minimum Gasteiger partial charge on any atom is -0.373 e. The van der Waals surface area contributed by atoms with Crippen molar-refractivity contribution in [3.63, 3.8) is 0 Å². The van der Waals surface area contributed by atoms with Crippen LogP contribution in [0.1, 0.15) is 13.8 Å². The molecule has 0 aliphatic carbocycles. The van der Waals surface area contributed by atoms with Gasteiger partial charge in [-0.2, -0.15) is 4.31 Å². The first-order valence-electron chi connectivity index (χ1n) is 6.02. The van der Waals surface area contributed by atoms with Crippen molar-refractivity contribution in [2.24, 2.45) is 0 Å². The third kappa shape index (κ3) is 3.24. The molecule has 8 heteroatoms. The van der Waals surface area contributed by atoms with E-state index in [0.29, 0.717) is 0 Å². The molecule has 2 atom stereocenters. The summed E-state index contributed by atoms with van der Waals surface area (Å²) >= 11 is 17.7. The summed E-state index contributed by atoms with van der Waals surface area (Å²) in [7, 11) is -3.72. The summed E-state index contributed by atoms with van der Waals surface area (Å²) in [6.45, 7) is 4.22. The van der Waals surface area contributed by atoms with Gasteiger partial charge in [0, 0.05) is 13.1 Å². The predicted octanol–water partition coefficient (Wildman–Crippen LogP) is 3.44. The van der Waals surface area contributed by atoms with Crippen molar-refractivity contribution < 1.29 is 13.2 Å². The van der Waals surface area contributed by atoms with E-state index in [9.17, 15) is 8.42 Å². The zero-order valence-corrected chi connectivity index (χ0v) is 14.0. The topological polar surface area (TPSA) is 46.6 Å². The molecule has 0 N–H and O–H groups in total. The highest BCUT2D eigenvalue weighted by Crippen LogP contribution is 2.33. The van der Waals surface area contributed by atoms with Gasteiger partial charge in [0.25, 0.3) is 0 Å². The molecule has 0 spiro atoms. The van der Waals surface area contributed by atoms with Gasteiger partial charge in [0.2, 0.25) is 10.0 Å². The van der Waals surface area contributed by atoms with Crippen LogP contribution in [0.2, 0.25) is 15.1 Å². The maximum atomic E-state index is 12.6. The summed E-state index contributed by atoms with van der Waals surface area (Å²) in [5, 5.41) is 0.439. The molecule has 1 aliphatic rings. The second-order valence-electron chi connectivity index (χ2n) is 4.78. The second-order valence-corrected chi connectivity index (χ2v) is 7.90. The fraction of sp³-hybridized carbons (Fsp3) is 0.500. The molecular formula is C12H14Cl3NO3S. The van der Waals surface area contributed by atoms with Crippen molar-refractivity contribution in [3.8, 4) is 0 Å². The van der Waals surface area contributed by atoms with E-state index in [2.05, 4.69) is 0 Å². The van der Waals surface area contributed by atoms with Crippen LogP contribution in [0.15, 0.2) is 17.0 Å². The summed E-state index contributed by atoms with van der Waals surface area (Å²) in [6.07, 6.45) is -0.342. The summed E-state index contributed by atoms with van der Waals surface area (Å²) < 4.78 is 32.2. The lowest BCUT2D eigenvalue weighted by atomic mass is 10.3. The van der Waals surface area contributed by atoms with E-state index in [1.807, 2.05) is 13.8 Å². The number of hydrogen-bond donors (Lipinski definition) is 0. The van der Waals surface area contributed by atoms with Gasteiger partial charge >= 0.3 is 0 Å². The molecular weight excluding hydrogens is 345 g/mol. The largest absolute Gasteiger partial charge is 0.373 e. The van der Waals surface area contributed by atoms with Gasteiger partial charge < -0.3 is 4.74 Å². The van der Waals surface area contributed by atoms with E-state index in [0.717, 1.165) is 0 Å². The van der Waals surface area contributed by atoms with Gasteiger partial charge in [-0.3, -0.25) is 0 Å². The van der Waals surface area contributed by atoms with Crippen LogP contribution in [-0.4, -0.2) is 38.0 Å². The number of rotatable bonds is 2. The molecule has 0 saturated carbocycles. The van der Waals surface area contributed by atoms with Gasteiger partial charge in [0.15, 0.2) is 0 Å². The average Bonchev–Trinajstić information content (AvgIpc) is 2.32. The van der Waals surface area contributed by atoms with Crippen molar-refractivity contribution in [2.75, 3.05) is 13.1 Å². The zero-order chi connectivity index (χ0) is 15.1. The van der Waals surface area contributed by atoms with Crippen LogP contribution >= 0.6 is 34.8 Å². The first-order chi connectivity index (χ1) is 9.21. The molecule has 0 radical (unpaired) electrons. The number of benzene rings is 1. The van der Waals surface area contributed by atoms with Crippen molar-refractivity contribution >= 4 is 44.8 Å². The molecule has 0 aromatic heterocycles. The van der Waals surface area contributed by atoms with Crippen LogP contribution in [0.4, 0.5) is 0 Å². The van der Waals surface area contributed by atoms with E-state index in [1.54, 1.807) is 0 Å². The first-order valence-corrected chi connectivity index (χ1v) is 8.59. The monoisotopic (exact) mass is 357 g/mol. The van der Waals surface area contributed by atoms with Gasteiger partial charge in [0.05, 0.1) is 27.3 Å². The van der Waals surface area contributed by atoms with Gasteiger partial charge in [-0.05, 0) is 26.0 Å². The Morgan fingerprint density at radius 3 is 2.10 bits per heavy atom. The summed E-state index contributed by atoms with van der Waals surface area (Å²) in [5.74, 6) is 0.